The highest BCUT2D eigenvalue weighted by molar-refractivity contribution is 6.35. The van der Waals surface area contributed by atoms with Gasteiger partial charge in [-0.2, -0.15) is 13.2 Å². The Bertz CT molecular complexity index is 1610. The predicted octanol–water partition coefficient (Wildman–Crippen LogP) is 5.87. The van der Waals surface area contributed by atoms with Crippen LogP contribution in [0.4, 0.5) is 35.0 Å². The molecule has 0 unspecified atom stereocenters. The minimum absolute atomic E-state index is 0.0978. The number of aryl methyl sites for hydroxylation is 1. The van der Waals surface area contributed by atoms with Gasteiger partial charge in [-0.3, -0.25) is 9.59 Å². The number of H-pyrrole nitrogens is 1. The summed E-state index contributed by atoms with van der Waals surface area (Å²) in [5.41, 5.74) is 3.49. The molecule has 10 nitrogen and oxygen atoms in total. The number of rotatable bonds is 10. The van der Waals surface area contributed by atoms with Crippen LogP contribution in [0.1, 0.15) is 52.3 Å². The van der Waals surface area contributed by atoms with Gasteiger partial charge in [0.15, 0.2) is 0 Å². The smallest absolute Gasteiger partial charge is 0.419 e. The molecule has 0 atom stereocenters. The Morgan fingerprint density at radius 2 is 1.68 bits per heavy atom. The van der Waals surface area contributed by atoms with E-state index in [4.69, 9.17) is 4.74 Å². The van der Waals surface area contributed by atoms with Crippen LogP contribution in [0, 0.1) is 13.8 Å². The van der Waals surface area contributed by atoms with Gasteiger partial charge in [0.25, 0.3) is 11.8 Å². The van der Waals surface area contributed by atoms with E-state index in [1.165, 1.54) is 0 Å². The molecule has 234 valence electrons. The van der Waals surface area contributed by atoms with Crippen LogP contribution >= 0.6 is 0 Å². The molecule has 44 heavy (non-hydrogen) atoms. The number of alkyl halides is 3. The van der Waals surface area contributed by atoms with Crippen LogP contribution < -0.4 is 26.0 Å². The van der Waals surface area contributed by atoms with E-state index in [1.54, 1.807) is 31.2 Å². The summed E-state index contributed by atoms with van der Waals surface area (Å²) in [6.45, 7) is 10.8. The maximum absolute atomic E-state index is 13.1. The van der Waals surface area contributed by atoms with Crippen molar-refractivity contribution < 1.29 is 32.3 Å². The molecule has 13 heteroatoms. The van der Waals surface area contributed by atoms with Gasteiger partial charge in [-0.25, -0.2) is 4.79 Å². The van der Waals surface area contributed by atoms with E-state index < -0.39 is 23.5 Å². The number of fused-ring (bicyclic) bond motifs is 1. The van der Waals surface area contributed by atoms with Crippen molar-refractivity contribution in [2.24, 2.45) is 0 Å². The lowest BCUT2D eigenvalue weighted by Crippen LogP contribution is -2.35. The van der Waals surface area contributed by atoms with Crippen molar-refractivity contribution in [3.63, 3.8) is 0 Å². The highest BCUT2D eigenvalue weighted by Crippen LogP contribution is 2.38. The Balaban J connectivity index is 1.47. The first-order valence-corrected chi connectivity index (χ1v) is 14.1. The number of methoxy groups -OCH3 is 1. The average Bonchev–Trinajstić information content (AvgIpc) is 3.43. The largest absolute Gasteiger partial charge is 0.496 e. The van der Waals surface area contributed by atoms with Crippen LogP contribution in [0.25, 0.3) is 11.6 Å². The van der Waals surface area contributed by atoms with Crippen LogP contribution in [0.3, 0.4) is 0 Å². The van der Waals surface area contributed by atoms with Gasteiger partial charge in [-0.15, -0.1) is 0 Å². The molecule has 4 amide bonds. The third-order valence-corrected chi connectivity index (χ3v) is 7.43. The van der Waals surface area contributed by atoms with Crippen molar-refractivity contribution in [2.45, 2.75) is 33.9 Å². The van der Waals surface area contributed by atoms with Gasteiger partial charge in [0.2, 0.25) is 0 Å². The van der Waals surface area contributed by atoms with Crippen molar-refractivity contribution in [1.82, 2.24) is 15.2 Å². The van der Waals surface area contributed by atoms with Gasteiger partial charge in [-0.1, -0.05) is 19.9 Å². The first-order valence-electron chi connectivity index (χ1n) is 14.1. The number of nitrogens with zero attached hydrogens (tertiary/aromatic N) is 1. The second-order valence-corrected chi connectivity index (χ2v) is 10.2. The van der Waals surface area contributed by atoms with Gasteiger partial charge >= 0.3 is 12.2 Å². The number of ether oxygens (including phenoxy) is 1. The number of halogens is 3. The van der Waals surface area contributed by atoms with Gasteiger partial charge < -0.3 is 35.9 Å². The molecule has 3 aromatic rings. The van der Waals surface area contributed by atoms with Crippen molar-refractivity contribution in [1.29, 1.82) is 0 Å². The summed E-state index contributed by atoms with van der Waals surface area (Å²) in [6.07, 6.45) is -2.91. The molecule has 2 heterocycles. The second-order valence-electron chi connectivity index (χ2n) is 10.2. The number of hydrogen-bond donors (Lipinski definition) is 5. The van der Waals surface area contributed by atoms with Gasteiger partial charge in [0, 0.05) is 47.5 Å². The standard InChI is InChI=1S/C31H35F3N6O4/c1-6-40(7-2)13-12-35-29(42)27-17(3)24(36-18(27)4)16-22-21-10-8-19(14-25(21)39-28(22)41)37-30(43)38-20-9-11-23(31(32,33)34)26(15-20)44-5/h8-11,14-16,36H,6-7,12-13H2,1-5H3,(H,35,42)(H,39,41)(H2,37,38,43). The second kappa shape index (κ2) is 13.2. The zero-order chi connectivity index (χ0) is 32.2. The Labute approximate surface area is 253 Å². The van der Waals surface area contributed by atoms with E-state index in [-0.39, 0.29) is 17.5 Å². The summed E-state index contributed by atoms with van der Waals surface area (Å²) in [6, 6.07) is 7.16. The van der Waals surface area contributed by atoms with Crippen LogP contribution in [0.15, 0.2) is 36.4 Å². The zero-order valence-electron chi connectivity index (χ0n) is 25.1. The Morgan fingerprint density at radius 3 is 2.32 bits per heavy atom. The lowest BCUT2D eigenvalue weighted by atomic mass is 10.0. The molecule has 2 aromatic carbocycles. The molecule has 0 saturated heterocycles. The third kappa shape index (κ3) is 7.05. The molecular weight excluding hydrogens is 577 g/mol. The van der Waals surface area contributed by atoms with Gasteiger partial charge in [0.1, 0.15) is 5.75 Å². The Morgan fingerprint density at radius 1 is 1.02 bits per heavy atom. The van der Waals surface area contributed by atoms with E-state index in [1.807, 2.05) is 6.92 Å². The zero-order valence-corrected chi connectivity index (χ0v) is 25.1. The molecule has 1 aliphatic heterocycles. The number of anilines is 3. The van der Waals surface area contributed by atoms with Crippen molar-refractivity contribution >= 4 is 46.6 Å². The van der Waals surface area contributed by atoms with Crippen LogP contribution in [-0.4, -0.2) is 61.0 Å². The van der Waals surface area contributed by atoms with Crippen molar-refractivity contribution in [2.75, 3.05) is 49.2 Å². The van der Waals surface area contributed by atoms with Crippen LogP contribution in [-0.2, 0) is 11.0 Å². The van der Waals surface area contributed by atoms with Crippen molar-refractivity contribution in [3.8, 4) is 5.75 Å². The Kier molecular flexibility index (Phi) is 9.68. The average molecular weight is 613 g/mol. The van der Waals surface area contributed by atoms with Crippen LogP contribution in [0.5, 0.6) is 5.75 Å². The molecule has 0 aliphatic carbocycles. The van der Waals surface area contributed by atoms with E-state index >= 15 is 0 Å². The highest BCUT2D eigenvalue weighted by atomic mass is 19.4. The van der Waals surface area contributed by atoms with Gasteiger partial charge in [-0.05, 0) is 62.8 Å². The topological polar surface area (TPSA) is 128 Å². The molecule has 1 aromatic heterocycles. The van der Waals surface area contributed by atoms with Crippen LogP contribution in [0.2, 0.25) is 0 Å². The number of aromatic amines is 1. The molecule has 0 fully saturated rings. The summed E-state index contributed by atoms with van der Waals surface area (Å²) in [5.74, 6) is -0.964. The maximum atomic E-state index is 13.1. The number of carbonyl (C=O) groups excluding carboxylic acids is 3. The monoisotopic (exact) mass is 612 g/mol. The van der Waals surface area contributed by atoms with Crippen molar-refractivity contribution in [3.05, 3.63) is 70.0 Å². The fraction of sp³-hybridized carbons (Fsp3) is 0.323. The summed E-state index contributed by atoms with van der Waals surface area (Å²) in [7, 11) is 1.11. The summed E-state index contributed by atoms with van der Waals surface area (Å²) in [5, 5.41) is 10.8. The number of carbonyl (C=O) groups is 3. The molecule has 4 rings (SSSR count). The van der Waals surface area contributed by atoms with E-state index in [9.17, 15) is 27.6 Å². The first kappa shape index (κ1) is 32.1. The normalized spacial score (nSPS) is 13.6. The number of nitrogens with one attached hydrogen (secondary N) is 5. The van der Waals surface area contributed by atoms with Gasteiger partial charge in [0.05, 0.1) is 29.5 Å². The predicted molar refractivity (Wildman–Crippen MR) is 164 cm³/mol. The van der Waals surface area contributed by atoms with E-state index in [2.05, 4.69) is 45.0 Å². The number of hydrogen-bond acceptors (Lipinski definition) is 5. The molecule has 0 bridgehead atoms. The fourth-order valence-corrected chi connectivity index (χ4v) is 5.07. The number of amides is 4. The lowest BCUT2D eigenvalue weighted by Gasteiger charge is -2.18. The SMILES string of the molecule is CCN(CC)CCNC(=O)c1c(C)[nH]c(C=C2C(=O)Nc3cc(NC(=O)Nc4ccc(C(F)(F)F)c(OC)c4)ccc32)c1C. The first-order chi connectivity index (χ1) is 20.9. The summed E-state index contributed by atoms with van der Waals surface area (Å²) >= 11 is 0. The number of aromatic nitrogens is 1. The summed E-state index contributed by atoms with van der Waals surface area (Å²) < 4.78 is 44.2. The minimum Gasteiger partial charge on any atom is -0.496 e. The number of urea groups is 1. The lowest BCUT2D eigenvalue weighted by molar-refractivity contribution is -0.138. The molecule has 0 radical (unpaired) electrons. The molecule has 0 saturated carbocycles. The number of likely N-dealkylation sites (N-methyl/N-ethyl adjacent to an activating group) is 1. The molecule has 1 aliphatic rings. The third-order valence-electron chi connectivity index (χ3n) is 7.43. The van der Waals surface area contributed by atoms with E-state index in [0.717, 1.165) is 44.9 Å². The maximum Gasteiger partial charge on any atom is 0.419 e. The number of benzene rings is 2. The summed E-state index contributed by atoms with van der Waals surface area (Å²) in [4.78, 5) is 43.8. The molecule has 0 spiro atoms. The highest BCUT2D eigenvalue weighted by Gasteiger charge is 2.34. The molecule has 5 N–H and O–H groups in total. The van der Waals surface area contributed by atoms with E-state index in [0.29, 0.717) is 51.6 Å². The quantitative estimate of drug-likeness (QED) is 0.183. The molecular formula is C31H35F3N6O4. The fourth-order valence-electron chi connectivity index (χ4n) is 5.07. The minimum atomic E-state index is -4.60. The Hall–Kier alpha value is -4.78.